The molecule has 1 aliphatic rings. The van der Waals surface area contributed by atoms with Crippen molar-refractivity contribution in [2.75, 3.05) is 18.0 Å². The molecule has 160 valence electrons. The standard InChI is InChI=1S/C23H21FN8/c1-31-23-21(29-30-31)9-16(12-28-23)22-19(14-2-3-15(11-25)20(24)8-14)10-18(13-27-22)32-6-4-17(26)5-7-32/h2-3,8-10,12-13,17H,4-7,26H2,1H3. The first-order chi connectivity index (χ1) is 15.5. The molecule has 0 aliphatic carbocycles. The molecule has 1 aliphatic heterocycles. The number of hydrogen-bond donors (Lipinski definition) is 1. The van der Waals surface area contributed by atoms with Gasteiger partial charge in [0.2, 0.25) is 0 Å². The van der Waals surface area contributed by atoms with Gasteiger partial charge in [0.05, 0.1) is 23.1 Å². The summed E-state index contributed by atoms with van der Waals surface area (Å²) in [4.78, 5) is 11.5. The average Bonchev–Trinajstić information content (AvgIpc) is 3.19. The van der Waals surface area contributed by atoms with Gasteiger partial charge in [-0.25, -0.2) is 14.1 Å². The normalized spacial score (nSPS) is 14.6. The number of fused-ring (bicyclic) bond motifs is 1. The van der Waals surface area contributed by atoms with Crippen LogP contribution in [-0.4, -0.2) is 44.1 Å². The van der Waals surface area contributed by atoms with Crippen molar-refractivity contribution in [2.24, 2.45) is 12.8 Å². The van der Waals surface area contributed by atoms with Gasteiger partial charge in [-0.05, 0) is 42.7 Å². The van der Waals surface area contributed by atoms with Crippen molar-refractivity contribution in [2.45, 2.75) is 18.9 Å². The van der Waals surface area contributed by atoms with Crippen molar-refractivity contribution in [3.8, 4) is 28.5 Å². The second-order valence-electron chi connectivity index (χ2n) is 8.00. The van der Waals surface area contributed by atoms with E-state index in [1.54, 1.807) is 24.0 Å². The van der Waals surface area contributed by atoms with E-state index in [2.05, 4.69) is 20.2 Å². The summed E-state index contributed by atoms with van der Waals surface area (Å²) in [5.74, 6) is -0.562. The number of aromatic nitrogens is 5. The predicted molar refractivity (Wildman–Crippen MR) is 119 cm³/mol. The Morgan fingerprint density at radius 3 is 2.66 bits per heavy atom. The molecule has 1 fully saturated rings. The number of aryl methyl sites for hydroxylation is 1. The van der Waals surface area contributed by atoms with E-state index in [4.69, 9.17) is 16.0 Å². The van der Waals surface area contributed by atoms with Crippen LogP contribution in [0.15, 0.2) is 42.7 Å². The summed E-state index contributed by atoms with van der Waals surface area (Å²) < 4.78 is 16.1. The number of pyridine rings is 2. The molecular weight excluding hydrogens is 407 g/mol. The average molecular weight is 428 g/mol. The van der Waals surface area contributed by atoms with Crippen molar-refractivity contribution < 1.29 is 4.39 Å². The van der Waals surface area contributed by atoms with Crippen LogP contribution in [-0.2, 0) is 7.05 Å². The number of benzene rings is 1. The van der Waals surface area contributed by atoms with Crippen LogP contribution in [0.3, 0.4) is 0 Å². The molecule has 1 saturated heterocycles. The molecule has 32 heavy (non-hydrogen) atoms. The highest BCUT2D eigenvalue weighted by Gasteiger charge is 2.20. The third kappa shape index (κ3) is 3.55. The van der Waals surface area contributed by atoms with Gasteiger partial charge >= 0.3 is 0 Å². The van der Waals surface area contributed by atoms with Crippen LogP contribution in [0.2, 0.25) is 0 Å². The molecule has 0 unspecified atom stereocenters. The van der Waals surface area contributed by atoms with E-state index < -0.39 is 5.82 Å². The zero-order valence-corrected chi connectivity index (χ0v) is 17.5. The molecule has 0 saturated carbocycles. The largest absolute Gasteiger partial charge is 0.370 e. The minimum absolute atomic E-state index is 0.00655. The van der Waals surface area contributed by atoms with Crippen molar-refractivity contribution in [1.82, 2.24) is 25.0 Å². The van der Waals surface area contributed by atoms with Gasteiger partial charge < -0.3 is 10.6 Å². The Morgan fingerprint density at radius 1 is 1.09 bits per heavy atom. The Labute approximate surface area is 184 Å². The van der Waals surface area contributed by atoms with Gasteiger partial charge in [0.25, 0.3) is 0 Å². The summed E-state index contributed by atoms with van der Waals surface area (Å²) in [5.41, 5.74) is 11.1. The van der Waals surface area contributed by atoms with E-state index in [9.17, 15) is 4.39 Å². The SMILES string of the molecule is Cn1nnc2cc(-c3ncc(N4CCC(N)CC4)cc3-c3ccc(C#N)c(F)c3)cnc21. The molecule has 4 aromatic rings. The number of nitrogens with two attached hydrogens (primary N) is 1. The minimum Gasteiger partial charge on any atom is -0.370 e. The second kappa shape index (κ2) is 7.98. The van der Waals surface area contributed by atoms with E-state index in [1.165, 1.54) is 12.1 Å². The van der Waals surface area contributed by atoms with E-state index in [0.717, 1.165) is 42.7 Å². The first kappa shape index (κ1) is 20.0. The number of piperidine rings is 1. The van der Waals surface area contributed by atoms with Gasteiger partial charge in [-0.3, -0.25) is 4.98 Å². The molecular formula is C23H21FN8. The van der Waals surface area contributed by atoms with Crippen LogP contribution in [0, 0.1) is 17.1 Å². The number of anilines is 1. The highest BCUT2D eigenvalue weighted by atomic mass is 19.1. The quantitative estimate of drug-likeness (QED) is 0.534. The summed E-state index contributed by atoms with van der Waals surface area (Å²) >= 11 is 0. The molecule has 1 aromatic carbocycles. The lowest BCUT2D eigenvalue weighted by molar-refractivity contribution is 0.501. The van der Waals surface area contributed by atoms with Crippen molar-refractivity contribution in [3.63, 3.8) is 0 Å². The molecule has 9 heteroatoms. The van der Waals surface area contributed by atoms with Crippen molar-refractivity contribution in [3.05, 3.63) is 54.1 Å². The fraction of sp³-hybridized carbons (Fsp3) is 0.261. The van der Waals surface area contributed by atoms with Crippen LogP contribution in [0.1, 0.15) is 18.4 Å². The maximum absolute atomic E-state index is 14.5. The molecule has 4 heterocycles. The molecule has 0 radical (unpaired) electrons. The molecule has 0 atom stereocenters. The van der Waals surface area contributed by atoms with Crippen LogP contribution >= 0.6 is 0 Å². The molecule has 5 rings (SSSR count). The molecule has 2 N–H and O–H groups in total. The Kier molecular flexibility index (Phi) is 4.99. The third-order valence-corrected chi connectivity index (χ3v) is 5.89. The molecule has 0 spiro atoms. The highest BCUT2D eigenvalue weighted by molar-refractivity contribution is 5.86. The number of nitriles is 1. The van der Waals surface area contributed by atoms with Gasteiger partial charge in [-0.15, -0.1) is 5.10 Å². The topological polar surface area (TPSA) is 110 Å². The summed E-state index contributed by atoms with van der Waals surface area (Å²) in [6.45, 7) is 1.69. The number of nitrogens with zero attached hydrogens (tertiary/aromatic N) is 7. The summed E-state index contributed by atoms with van der Waals surface area (Å²) in [5, 5.41) is 17.3. The maximum Gasteiger partial charge on any atom is 0.178 e. The van der Waals surface area contributed by atoms with Crippen LogP contribution in [0.5, 0.6) is 0 Å². The summed E-state index contributed by atoms with van der Waals surface area (Å²) in [6, 6.07) is 10.6. The lowest BCUT2D eigenvalue weighted by Gasteiger charge is -2.32. The van der Waals surface area contributed by atoms with Crippen molar-refractivity contribution >= 4 is 16.9 Å². The monoisotopic (exact) mass is 428 g/mol. The van der Waals surface area contributed by atoms with E-state index in [0.29, 0.717) is 22.4 Å². The minimum atomic E-state index is -0.562. The van der Waals surface area contributed by atoms with Crippen molar-refractivity contribution in [1.29, 1.82) is 5.26 Å². The van der Waals surface area contributed by atoms with Gasteiger partial charge in [-0.1, -0.05) is 11.3 Å². The summed E-state index contributed by atoms with van der Waals surface area (Å²) in [7, 11) is 1.78. The second-order valence-corrected chi connectivity index (χ2v) is 8.00. The fourth-order valence-electron chi connectivity index (χ4n) is 4.06. The zero-order chi connectivity index (χ0) is 22.2. The summed E-state index contributed by atoms with van der Waals surface area (Å²) in [6.07, 6.45) is 5.37. The first-order valence-electron chi connectivity index (χ1n) is 10.4. The van der Waals surface area contributed by atoms with E-state index in [-0.39, 0.29) is 11.6 Å². The Morgan fingerprint density at radius 2 is 1.91 bits per heavy atom. The number of halogens is 1. The van der Waals surface area contributed by atoms with Gasteiger partial charge in [0.1, 0.15) is 17.4 Å². The lowest BCUT2D eigenvalue weighted by atomic mass is 9.97. The third-order valence-electron chi connectivity index (χ3n) is 5.89. The molecule has 8 nitrogen and oxygen atoms in total. The molecule has 3 aromatic heterocycles. The van der Waals surface area contributed by atoms with Crippen LogP contribution in [0.25, 0.3) is 33.5 Å². The van der Waals surface area contributed by atoms with Crippen LogP contribution < -0.4 is 10.6 Å². The molecule has 0 bridgehead atoms. The van der Waals surface area contributed by atoms with E-state index >= 15 is 0 Å². The first-order valence-corrected chi connectivity index (χ1v) is 10.4. The highest BCUT2D eigenvalue weighted by Crippen LogP contribution is 2.35. The fourth-order valence-corrected chi connectivity index (χ4v) is 4.06. The van der Waals surface area contributed by atoms with Gasteiger partial charge in [-0.2, -0.15) is 5.26 Å². The smallest absolute Gasteiger partial charge is 0.178 e. The van der Waals surface area contributed by atoms with E-state index in [1.807, 2.05) is 24.4 Å². The predicted octanol–water partition coefficient (Wildman–Crippen LogP) is 3.03. The van der Waals surface area contributed by atoms with Crippen LogP contribution in [0.4, 0.5) is 10.1 Å². The Hall–Kier alpha value is -3.90. The molecule has 0 amide bonds. The maximum atomic E-state index is 14.5. The number of hydrogen-bond acceptors (Lipinski definition) is 7. The lowest BCUT2D eigenvalue weighted by Crippen LogP contribution is -2.39. The number of rotatable bonds is 3. The Balaban J connectivity index is 1.65. The van der Waals surface area contributed by atoms with Gasteiger partial charge in [0.15, 0.2) is 5.65 Å². The zero-order valence-electron chi connectivity index (χ0n) is 17.5. The van der Waals surface area contributed by atoms with Gasteiger partial charge in [0, 0.05) is 43.5 Å². The Bertz CT molecular complexity index is 1350.